The van der Waals surface area contributed by atoms with Crippen LogP contribution < -0.4 is 10.1 Å². The van der Waals surface area contributed by atoms with Gasteiger partial charge in [-0.3, -0.25) is 4.79 Å². The highest BCUT2D eigenvalue weighted by molar-refractivity contribution is 5.96. The van der Waals surface area contributed by atoms with Gasteiger partial charge in [-0.2, -0.15) is 0 Å². The third-order valence-electron chi connectivity index (χ3n) is 6.42. The van der Waals surface area contributed by atoms with Crippen molar-refractivity contribution in [2.75, 3.05) is 0 Å². The second kappa shape index (κ2) is 12.4. The number of esters is 1. The maximum atomic E-state index is 13.0. The molecule has 8 nitrogen and oxygen atoms in total. The third-order valence-corrected chi connectivity index (χ3v) is 6.42. The van der Waals surface area contributed by atoms with E-state index in [0.717, 1.165) is 5.56 Å². The Labute approximate surface area is 216 Å². The number of fused-ring (bicyclic) bond motifs is 1. The number of ketones is 1. The summed E-state index contributed by atoms with van der Waals surface area (Å²) in [6.45, 7) is 4.04. The molecule has 1 N–H and O–H groups in total. The fourth-order valence-electron chi connectivity index (χ4n) is 4.57. The van der Waals surface area contributed by atoms with Crippen molar-refractivity contribution in [3.8, 4) is 5.75 Å². The van der Waals surface area contributed by atoms with Crippen molar-refractivity contribution in [2.45, 2.75) is 64.4 Å². The summed E-state index contributed by atoms with van der Waals surface area (Å²) >= 11 is 0. The van der Waals surface area contributed by atoms with E-state index >= 15 is 0 Å². The van der Waals surface area contributed by atoms with Crippen molar-refractivity contribution in [3.05, 3.63) is 78.2 Å². The first kappa shape index (κ1) is 26.3. The highest BCUT2D eigenvalue weighted by atomic mass is 16.6. The predicted molar refractivity (Wildman–Crippen MR) is 135 cm³/mol. The van der Waals surface area contributed by atoms with E-state index in [4.69, 9.17) is 18.9 Å². The summed E-state index contributed by atoms with van der Waals surface area (Å²) in [5, 5.41) is 2.65. The summed E-state index contributed by atoms with van der Waals surface area (Å²) in [4.78, 5) is 38.3. The number of carbonyl (C=O) groups excluding carboxylic acids is 3. The van der Waals surface area contributed by atoms with Gasteiger partial charge in [0.1, 0.15) is 36.9 Å². The Morgan fingerprint density at radius 1 is 1.03 bits per heavy atom. The number of carbonyl (C=O) groups is 3. The van der Waals surface area contributed by atoms with E-state index in [9.17, 15) is 14.4 Å². The molecule has 0 radical (unpaired) electrons. The number of hydrogen-bond donors (Lipinski definition) is 1. The fraction of sp³-hybridized carbons (Fsp3) is 0.414. The van der Waals surface area contributed by atoms with Gasteiger partial charge < -0.3 is 24.3 Å². The van der Waals surface area contributed by atoms with E-state index < -0.39 is 30.3 Å². The summed E-state index contributed by atoms with van der Waals surface area (Å²) in [7, 11) is 0. The van der Waals surface area contributed by atoms with Crippen LogP contribution in [0.2, 0.25) is 0 Å². The molecule has 1 heterocycles. The molecule has 1 aliphatic carbocycles. The Kier molecular flexibility index (Phi) is 8.82. The Morgan fingerprint density at radius 2 is 1.73 bits per heavy atom. The molecule has 1 aliphatic heterocycles. The zero-order valence-corrected chi connectivity index (χ0v) is 21.1. The molecule has 4 atom stereocenters. The van der Waals surface area contributed by atoms with Gasteiger partial charge in [-0.15, -0.1) is 0 Å². The first-order valence-electron chi connectivity index (χ1n) is 12.7. The molecule has 2 aromatic carbocycles. The lowest BCUT2D eigenvalue weighted by Crippen LogP contribution is -2.47. The maximum absolute atomic E-state index is 13.0. The van der Waals surface area contributed by atoms with Crippen molar-refractivity contribution < 1.29 is 33.3 Å². The molecule has 1 fully saturated rings. The third kappa shape index (κ3) is 7.35. The minimum atomic E-state index is -0.833. The highest BCUT2D eigenvalue weighted by Crippen LogP contribution is 2.35. The van der Waals surface area contributed by atoms with E-state index in [0.29, 0.717) is 31.4 Å². The number of alkyl carbamates (subject to hydrolysis) is 1. The lowest BCUT2D eigenvalue weighted by atomic mass is 9.80. The summed E-state index contributed by atoms with van der Waals surface area (Å²) in [6.07, 6.45) is 1.71. The Hall–Kier alpha value is -3.81. The summed E-state index contributed by atoms with van der Waals surface area (Å²) < 4.78 is 22.6. The second-order valence-corrected chi connectivity index (χ2v) is 9.80. The van der Waals surface area contributed by atoms with Crippen LogP contribution in [0.15, 0.2) is 72.7 Å². The van der Waals surface area contributed by atoms with Crippen LogP contribution in [0.25, 0.3) is 0 Å². The van der Waals surface area contributed by atoms with Crippen LogP contribution in [0, 0.1) is 11.8 Å². The Bertz CT molecular complexity index is 1100. The van der Waals surface area contributed by atoms with Crippen molar-refractivity contribution in [1.82, 2.24) is 5.32 Å². The number of hydrogen-bond acceptors (Lipinski definition) is 7. The molecule has 0 bridgehead atoms. The number of para-hydroxylation sites is 1. The fourth-order valence-corrected chi connectivity index (χ4v) is 4.57. The highest BCUT2D eigenvalue weighted by Gasteiger charge is 2.42. The van der Waals surface area contributed by atoms with Gasteiger partial charge in [-0.05, 0) is 42.9 Å². The first-order valence-corrected chi connectivity index (χ1v) is 12.7. The molecule has 0 spiro atoms. The van der Waals surface area contributed by atoms with Crippen LogP contribution in [0.3, 0.4) is 0 Å². The molecule has 2 aromatic rings. The molecule has 4 unspecified atom stereocenters. The van der Waals surface area contributed by atoms with Crippen molar-refractivity contribution in [3.63, 3.8) is 0 Å². The van der Waals surface area contributed by atoms with Crippen LogP contribution in [0.1, 0.15) is 45.1 Å². The molecule has 8 heteroatoms. The monoisotopic (exact) mass is 507 g/mol. The summed E-state index contributed by atoms with van der Waals surface area (Å²) in [5.74, 6) is -0.0766. The smallest absolute Gasteiger partial charge is 0.408 e. The zero-order chi connectivity index (χ0) is 26.2. The number of rotatable bonds is 9. The quantitative estimate of drug-likeness (QED) is 0.481. The van der Waals surface area contributed by atoms with Crippen molar-refractivity contribution in [1.29, 1.82) is 0 Å². The summed E-state index contributed by atoms with van der Waals surface area (Å²) in [5.41, 5.74) is 0.853. The number of nitrogens with one attached hydrogen (secondary N) is 1. The van der Waals surface area contributed by atoms with Crippen LogP contribution in [0.4, 0.5) is 4.79 Å². The van der Waals surface area contributed by atoms with Crippen LogP contribution >= 0.6 is 0 Å². The summed E-state index contributed by atoms with van der Waals surface area (Å²) in [6, 6.07) is 17.6. The van der Waals surface area contributed by atoms with Gasteiger partial charge in [0.15, 0.2) is 0 Å². The SMILES string of the molecule is CC(C)CC(NC(=O)OCc1ccccc1)C(=O)OC1CCC2C(=O)C(Oc3ccccc3)=COC2C1. The standard InChI is InChI=1S/C29H33NO7/c1-19(2)15-24(30-29(33)35-17-20-9-5-3-6-10-20)28(32)37-22-13-14-23-25(16-22)34-18-26(27(23)31)36-21-11-7-4-8-12-21/h3-12,18-19,22-25H,13-17H2,1-2H3,(H,30,33). The molecule has 2 aliphatic rings. The average Bonchev–Trinajstić information content (AvgIpc) is 2.90. The lowest BCUT2D eigenvalue weighted by molar-refractivity contribution is -0.158. The maximum Gasteiger partial charge on any atom is 0.408 e. The van der Waals surface area contributed by atoms with E-state index in [1.165, 1.54) is 6.26 Å². The van der Waals surface area contributed by atoms with E-state index in [-0.39, 0.29) is 30.0 Å². The number of Topliss-reactive ketones (excluding diaryl/α,β-unsaturated/α-hetero) is 1. The number of ether oxygens (including phenoxy) is 4. The molecule has 196 valence electrons. The second-order valence-electron chi connectivity index (χ2n) is 9.80. The first-order chi connectivity index (χ1) is 17.9. The van der Waals surface area contributed by atoms with E-state index in [1.54, 1.807) is 12.1 Å². The van der Waals surface area contributed by atoms with Crippen LogP contribution in [0.5, 0.6) is 5.75 Å². The van der Waals surface area contributed by atoms with Crippen LogP contribution in [-0.2, 0) is 30.4 Å². The van der Waals surface area contributed by atoms with Crippen molar-refractivity contribution in [2.24, 2.45) is 11.8 Å². The molecule has 1 amide bonds. The minimum Gasteiger partial charge on any atom is -0.493 e. The number of amides is 1. The largest absolute Gasteiger partial charge is 0.493 e. The van der Waals surface area contributed by atoms with E-state index in [1.807, 2.05) is 62.4 Å². The zero-order valence-electron chi connectivity index (χ0n) is 21.1. The molecule has 0 aromatic heterocycles. The predicted octanol–water partition coefficient (Wildman–Crippen LogP) is 4.93. The number of benzene rings is 2. The van der Waals surface area contributed by atoms with E-state index in [2.05, 4.69) is 5.32 Å². The molecule has 4 rings (SSSR count). The van der Waals surface area contributed by atoms with Gasteiger partial charge in [-0.1, -0.05) is 62.4 Å². The van der Waals surface area contributed by atoms with Gasteiger partial charge in [0.25, 0.3) is 0 Å². The number of allylic oxidation sites excluding steroid dienone is 1. The lowest BCUT2D eigenvalue weighted by Gasteiger charge is -2.37. The van der Waals surface area contributed by atoms with Gasteiger partial charge in [-0.25, -0.2) is 9.59 Å². The van der Waals surface area contributed by atoms with Gasteiger partial charge >= 0.3 is 12.1 Å². The molecular weight excluding hydrogens is 474 g/mol. The molecular formula is C29H33NO7. The molecule has 37 heavy (non-hydrogen) atoms. The average molecular weight is 508 g/mol. The van der Waals surface area contributed by atoms with Crippen molar-refractivity contribution >= 4 is 17.8 Å². The van der Waals surface area contributed by atoms with Gasteiger partial charge in [0.2, 0.25) is 11.5 Å². The Morgan fingerprint density at radius 3 is 2.43 bits per heavy atom. The molecule has 1 saturated carbocycles. The van der Waals surface area contributed by atoms with Gasteiger partial charge in [0.05, 0.1) is 5.92 Å². The normalized spacial score (nSPS) is 21.6. The van der Waals surface area contributed by atoms with Crippen LogP contribution in [-0.4, -0.2) is 36.1 Å². The Balaban J connectivity index is 1.30. The topological polar surface area (TPSA) is 100 Å². The minimum absolute atomic E-state index is 0.106. The van der Waals surface area contributed by atoms with Gasteiger partial charge in [0, 0.05) is 6.42 Å². The molecule has 0 saturated heterocycles.